The van der Waals surface area contributed by atoms with Gasteiger partial charge >= 0.3 is 11.9 Å². The van der Waals surface area contributed by atoms with Crippen molar-refractivity contribution >= 4 is 23.7 Å². The minimum absolute atomic E-state index is 0.158. The van der Waals surface area contributed by atoms with Crippen molar-refractivity contribution < 1.29 is 24.1 Å². The number of urea groups is 1. The van der Waals surface area contributed by atoms with E-state index in [-0.39, 0.29) is 11.4 Å². The number of rotatable bonds is 3. The predicted molar refractivity (Wildman–Crippen MR) is 57.8 cm³/mol. The average molecular weight is 240 g/mol. The monoisotopic (exact) mass is 240 g/mol. The largest absolute Gasteiger partial charge is 0.417 e. The van der Waals surface area contributed by atoms with Crippen LogP contribution in [0.3, 0.4) is 0 Å². The zero-order chi connectivity index (χ0) is 13.0. The van der Waals surface area contributed by atoms with Crippen LogP contribution in [-0.4, -0.2) is 67.9 Å². The van der Waals surface area contributed by atoms with E-state index in [9.17, 15) is 14.4 Å². The second-order valence-corrected chi connectivity index (χ2v) is 3.45. The van der Waals surface area contributed by atoms with Crippen LogP contribution in [0.4, 0.5) is 4.79 Å². The van der Waals surface area contributed by atoms with Crippen molar-refractivity contribution in [1.29, 1.82) is 0 Å². The summed E-state index contributed by atoms with van der Waals surface area (Å²) in [6, 6.07) is -0.506. The first-order valence-electron chi connectivity index (χ1n) is 4.95. The van der Waals surface area contributed by atoms with Gasteiger partial charge in [0.2, 0.25) is 5.57 Å². The van der Waals surface area contributed by atoms with E-state index in [1.807, 2.05) is 0 Å². The molecule has 0 aromatic rings. The lowest BCUT2D eigenvalue weighted by atomic mass is 10.2. The van der Waals surface area contributed by atoms with Crippen molar-refractivity contribution in [2.24, 2.45) is 0 Å². The van der Waals surface area contributed by atoms with Gasteiger partial charge in [0.05, 0.1) is 13.7 Å². The van der Waals surface area contributed by atoms with Gasteiger partial charge < -0.3 is 4.74 Å². The summed E-state index contributed by atoms with van der Waals surface area (Å²) in [5.41, 5.74) is -0.189. The molecule has 7 heteroatoms. The predicted octanol–water partition coefficient (Wildman–Crippen LogP) is -2.61. The standard InChI is InChI=1S/C10H13N3O4/c1-12-8(11-4-5-17-3)7(6-14)9(15)13(2)10(12)16/h4-5H2,1-3H3/p+1. The van der Waals surface area contributed by atoms with Gasteiger partial charge in [0, 0.05) is 14.2 Å². The van der Waals surface area contributed by atoms with Crippen molar-refractivity contribution in [2.75, 3.05) is 34.4 Å². The summed E-state index contributed by atoms with van der Waals surface area (Å²) in [6.07, 6.45) is 0. The molecule has 1 aliphatic heterocycles. The van der Waals surface area contributed by atoms with Gasteiger partial charge in [-0.1, -0.05) is 0 Å². The van der Waals surface area contributed by atoms with Crippen molar-refractivity contribution in [3.8, 4) is 0 Å². The fourth-order valence-electron chi connectivity index (χ4n) is 1.41. The molecule has 1 saturated heterocycles. The zero-order valence-corrected chi connectivity index (χ0v) is 9.94. The molecule has 0 aromatic heterocycles. The number of nitrogens with zero attached hydrogens (tertiary/aromatic N) is 2. The molecule has 1 fully saturated rings. The maximum atomic E-state index is 11.6. The lowest BCUT2D eigenvalue weighted by Crippen LogP contribution is -2.80. The maximum absolute atomic E-state index is 11.6. The summed E-state index contributed by atoms with van der Waals surface area (Å²) in [6.45, 7) is 0.771. The van der Waals surface area contributed by atoms with Gasteiger partial charge in [0.25, 0.3) is 5.91 Å². The van der Waals surface area contributed by atoms with Crippen LogP contribution in [0, 0.1) is 0 Å². The molecule has 0 radical (unpaired) electrons. The molecule has 0 atom stereocenters. The molecule has 1 N–H and O–H groups in total. The van der Waals surface area contributed by atoms with Gasteiger partial charge in [-0.25, -0.2) is 14.5 Å². The Hall–Kier alpha value is -1.98. The Morgan fingerprint density at radius 2 is 1.94 bits per heavy atom. The molecule has 1 rings (SSSR count). The number of amides is 3. The Balaban J connectivity index is 3.08. The van der Waals surface area contributed by atoms with Gasteiger partial charge in [0.1, 0.15) is 12.5 Å². The molecule has 3 amide bonds. The normalized spacial score (nSPS) is 19.0. The Kier molecular flexibility index (Phi) is 4.14. The third-order valence-corrected chi connectivity index (χ3v) is 2.37. The minimum atomic E-state index is -0.664. The Bertz CT molecular complexity index is 423. The minimum Gasteiger partial charge on any atom is -0.381 e. The molecule has 17 heavy (non-hydrogen) atoms. The van der Waals surface area contributed by atoms with E-state index in [2.05, 4.69) is 4.99 Å². The highest BCUT2D eigenvalue weighted by molar-refractivity contribution is 6.32. The van der Waals surface area contributed by atoms with Crippen LogP contribution in [0.2, 0.25) is 0 Å². The van der Waals surface area contributed by atoms with Crippen LogP contribution >= 0.6 is 0 Å². The SMILES string of the molecule is COCC[NH+]=C1C(=C=O)C(=O)N(C)C(=O)N1C. The fraction of sp³-hybridized carbons (Fsp3) is 0.500. The molecule has 0 saturated carbocycles. The molecule has 1 heterocycles. The third kappa shape index (κ3) is 2.41. The zero-order valence-electron chi connectivity index (χ0n) is 9.94. The Morgan fingerprint density at radius 3 is 2.47 bits per heavy atom. The molecule has 0 unspecified atom stereocenters. The van der Waals surface area contributed by atoms with E-state index in [1.165, 1.54) is 26.1 Å². The number of hydrogen-bond acceptors (Lipinski definition) is 4. The molecule has 7 nitrogen and oxygen atoms in total. The fourth-order valence-corrected chi connectivity index (χ4v) is 1.41. The average Bonchev–Trinajstić information content (AvgIpc) is 2.33. The number of amidine groups is 1. The van der Waals surface area contributed by atoms with Crippen LogP contribution in [0.15, 0.2) is 5.57 Å². The molecule has 0 aromatic carbocycles. The highest BCUT2D eigenvalue weighted by Gasteiger charge is 2.43. The number of likely N-dealkylation sites (N-methyl/N-ethyl adjacent to an activating group) is 2. The van der Waals surface area contributed by atoms with E-state index in [1.54, 1.807) is 5.94 Å². The van der Waals surface area contributed by atoms with Gasteiger partial charge in [-0.2, -0.15) is 4.90 Å². The lowest BCUT2D eigenvalue weighted by molar-refractivity contribution is -0.465. The summed E-state index contributed by atoms with van der Waals surface area (Å²) in [5, 5.41) is 0. The maximum Gasteiger partial charge on any atom is 0.417 e. The number of nitrogens with one attached hydrogen (secondary N) is 1. The number of methoxy groups -OCH3 is 1. The lowest BCUT2D eigenvalue weighted by Gasteiger charge is -2.24. The molecular weight excluding hydrogens is 226 g/mol. The first-order chi connectivity index (χ1) is 8.04. The van der Waals surface area contributed by atoms with Crippen LogP contribution in [0.25, 0.3) is 0 Å². The number of hydrogen-bond donors (Lipinski definition) is 1. The van der Waals surface area contributed by atoms with Crippen molar-refractivity contribution in [2.45, 2.75) is 0 Å². The van der Waals surface area contributed by atoms with E-state index in [0.717, 1.165) is 4.90 Å². The molecule has 92 valence electrons. The van der Waals surface area contributed by atoms with Gasteiger partial charge in [-0.15, -0.1) is 0 Å². The van der Waals surface area contributed by atoms with Crippen molar-refractivity contribution in [3.05, 3.63) is 5.57 Å². The molecular formula is C10H14N3O4+. The number of imide groups is 1. The summed E-state index contributed by atoms with van der Waals surface area (Å²) in [7, 11) is 4.31. The number of carbonyl (C=O) groups is 2. The second kappa shape index (κ2) is 5.38. The Morgan fingerprint density at radius 1 is 1.29 bits per heavy atom. The van der Waals surface area contributed by atoms with Gasteiger partial charge in [-0.05, 0) is 0 Å². The topological polar surface area (TPSA) is 80.9 Å². The first kappa shape index (κ1) is 13.1. The van der Waals surface area contributed by atoms with Crippen molar-refractivity contribution in [3.63, 3.8) is 0 Å². The van der Waals surface area contributed by atoms with E-state index >= 15 is 0 Å². The van der Waals surface area contributed by atoms with E-state index < -0.39 is 11.9 Å². The molecule has 1 aliphatic rings. The van der Waals surface area contributed by atoms with Crippen LogP contribution in [-0.2, 0) is 14.3 Å². The quantitative estimate of drug-likeness (QED) is 0.333. The molecule has 0 bridgehead atoms. The van der Waals surface area contributed by atoms with E-state index in [4.69, 9.17) is 4.74 Å². The summed E-state index contributed by atoms with van der Waals surface area (Å²) in [4.78, 5) is 38.9. The summed E-state index contributed by atoms with van der Waals surface area (Å²) >= 11 is 0. The van der Waals surface area contributed by atoms with Crippen molar-refractivity contribution in [1.82, 2.24) is 9.80 Å². The Labute approximate surface area is 98.3 Å². The van der Waals surface area contributed by atoms with Crippen LogP contribution in [0.1, 0.15) is 0 Å². The number of ether oxygens (including phenoxy) is 1. The smallest absolute Gasteiger partial charge is 0.381 e. The first-order valence-corrected chi connectivity index (χ1v) is 4.95. The van der Waals surface area contributed by atoms with Crippen LogP contribution < -0.4 is 4.99 Å². The number of carbonyl (C=O) groups excluding carboxylic acids is 3. The summed E-state index contributed by atoms with van der Waals surface area (Å²) < 4.78 is 4.83. The second-order valence-electron chi connectivity index (χ2n) is 3.45. The highest BCUT2D eigenvalue weighted by Crippen LogP contribution is 2.09. The molecule has 0 spiro atoms. The molecule has 0 aliphatic carbocycles. The van der Waals surface area contributed by atoms with Gasteiger partial charge in [-0.3, -0.25) is 9.79 Å². The third-order valence-electron chi connectivity index (χ3n) is 2.37. The van der Waals surface area contributed by atoms with Gasteiger partial charge in [0.15, 0.2) is 0 Å². The van der Waals surface area contributed by atoms with Crippen LogP contribution in [0.5, 0.6) is 0 Å². The summed E-state index contributed by atoms with van der Waals surface area (Å²) in [5.74, 6) is 1.05. The van der Waals surface area contributed by atoms with E-state index in [0.29, 0.717) is 13.2 Å². The highest BCUT2D eigenvalue weighted by atomic mass is 16.5.